The lowest BCUT2D eigenvalue weighted by atomic mass is 10.2. The van der Waals surface area contributed by atoms with Gasteiger partial charge in [-0.2, -0.15) is 17.5 Å². The normalized spacial score (nSPS) is 14.1. The van der Waals surface area contributed by atoms with Crippen LogP contribution >= 0.6 is 0 Å². The van der Waals surface area contributed by atoms with Crippen LogP contribution in [-0.2, 0) is 21.0 Å². The van der Waals surface area contributed by atoms with Gasteiger partial charge in [0, 0.05) is 12.2 Å². The maximum atomic E-state index is 12.9. The number of rotatable bonds is 6. The third-order valence-corrected chi connectivity index (χ3v) is 4.99. The van der Waals surface area contributed by atoms with E-state index in [1.165, 1.54) is 6.92 Å². The second-order valence-corrected chi connectivity index (χ2v) is 6.41. The summed E-state index contributed by atoms with van der Waals surface area (Å²) in [4.78, 5) is 12.9. The fourth-order valence-corrected chi connectivity index (χ4v) is 3.57. The van der Waals surface area contributed by atoms with E-state index >= 15 is 0 Å². The molecule has 1 aromatic rings. The van der Waals surface area contributed by atoms with Crippen LogP contribution in [0, 0.1) is 0 Å². The van der Waals surface area contributed by atoms with Gasteiger partial charge in [-0.3, -0.25) is 9.78 Å². The largest absolute Gasteiger partial charge is 0.480 e. The molecule has 0 fully saturated rings. The zero-order valence-electron chi connectivity index (χ0n) is 11.8. The Balaban J connectivity index is 3.47. The molecule has 6 nitrogen and oxygen atoms in total. The van der Waals surface area contributed by atoms with Crippen LogP contribution < -0.4 is 0 Å². The first kappa shape index (κ1) is 18.4. The second kappa shape index (κ2) is 6.61. The van der Waals surface area contributed by atoms with Gasteiger partial charge >= 0.3 is 12.1 Å². The van der Waals surface area contributed by atoms with Crippen molar-refractivity contribution in [3.05, 3.63) is 24.0 Å². The number of carboxylic acid groups (broad SMARTS) is 1. The Bertz CT molecular complexity index is 646. The van der Waals surface area contributed by atoms with E-state index in [1.807, 2.05) is 0 Å². The van der Waals surface area contributed by atoms with E-state index < -0.39 is 45.3 Å². The number of hydrogen-bond donors (Lipinski definition) is 1. The molecular weight excluding hydrogens is 325 g/mol. The summed E-state index contributed by atoms with van der Waals surface area (Å²) in [6.45, 7) is 2.09. The van der Waals surface area contributed by atoms with E-state index in [0.717, 1.165) is 18.3 Å². The van der Waals surface area contributed by atoms with Gasteiger partial charge in [0.25, 0.3) is 0 Å². The molecule has 0 aromatic carbocycles. The van der Waals surface area contributed by atoms with Crippen LogP contribution in [0.5, 0.6) is 0 Å². The van der Waals surface area contributed by atoms with Crippen LogP contribution in [0.4, 0.5) is 13.2 Å². The Morgan fingerprint density at radius 1 is 1.45 bits per heavy atom. The summed E-state index contributed by atoms with van der Waals surface area (Å²) in [5, 5.41) is 8.82. The highest BCUT2D eigenvalue weighted by atomic mass is 32.2. The molecule has 1 heterocycles. The van der Waals surface area contributed by atoms with E-state index in [2.05, 4.69) is 4.98 Å². The van der Waals surface area contributed by atoms with Crippen molar-refractivity contribution in [1.29, 1.82) is 0 Å². The van der Waals surface area contributed by atoms with E-state index in [0.29, 0.717) is 4.31 Å². The van der Waals surface area contributed by atoms with Gasteiger partial charge < -0.3 is 5.11 Å². The Hall–Kier alpha value is -1.68. The van der Waals surface area contributed by atoms with Crippen molar-refractivity contribution >= 4 is 16.0 Å². The molecule has 22 heavy (non-hydrogen) atoms. The molecule has 0 saturated heterocycles. The standard InChI is InChI=1S/C12H15F3N2O4S/c1-3-8(2)17(7-10(18)19)22(20,21)9-5-4-6-16-11(9)12(13,14)15/h4-6,8H,3,7H2,1-2H3,(H,18,19). The third-order valence-electron chi connectivity index (χ3n) is 3.00. The van der Waals surface area contributed by atoms with Gasteiger partial charge in [0.15, 0.2) is 5.69 Å². The summed E-state index contributed by atoms with van der Waals surface area (Å²) < 4.78 is 64.2. The number of pyridine rings is 1. The molecule has 0 aliphatic rings. The fraction of sp³-hybridized carbons (Fsp3) is 0.500. The zero-order valence-corrected chi connectivity index (χ0v) is 12.6. The smallest absolute Gasteiger partial charge is 0.434 e. The van der Waals surface area contributed by atoms with Crippen molar-refractivity contribution in [2.45, 2.75) is 37.4 Å². The number of carbonyl (C=O) groups is 1. The summed E-state index contributed by atoms with van der Waals surface area (Å²) in [5.41, 5.74) is -1.56. The van der Waals surface area contributed by atoms with Gasteiger partial charge in [0.05, 0.1) is 0 Å². The van der Waals surface area contributed by atoms with Gasteiger partial charge in [-0.15, -0.1) is 0 Å². The average molecular weight is 340 g/mol. The maximum Gasteiger partial charge on any atom is 0.434 e. The maximum absolute atomic E-state index is 12.9. The lowest BCUT2D eigenvalue weighted by molar-refractivity contribution is -0.143. The molecule has 1 atom stereocenters. The predicted octanol–water partition coefficient (Wildman–Crippen LogP) is 1.97. The van der Waals surface area contributed by atoms with E-state index in [4.69, 9.17) is 5.11 Å². The van der Waals surface area contributed by atoms with Crippen molar-refractivity contribution < 1.29 is 31.5 Å². The molecule has 124 valence electrons. The third kappa shape index (κ3) is 3.95. The molecule has 0 radical (unpaired) electrons. The summed E-state index contributed by atoms with van der Waals surface area (Å²) >= 11 is 0. The summed E-state index contributed by atoms with van der Waals surface area (Å²) in [6.07, 6.45) is -3.89. The fourth-order valence-electron chi connectivity index (χ4n) is 1.75. The topological polar surface area (TPSA) is 87.6 Å². The zero-order chi connectivity index (χ0) is 17.1. The van der Waals surface area contributed by atoms with Gasteiger partial charge in [-0.05, 0) is 25.5 Å². The lowest BCUT2D eigenvalue weighted by Gasteiger charge is -2.27. The summed E-state index contributed by atoms with van der Waals surface area (Å²) in [5.74, 6) is -1.46. The predicted molar refractivity (Wildman–Crippen MR) is 70.5 cm³/mol. The molecule has 1 unspecified atom stereocenters. The monoisotopic (exact) mass is 340 g/mol. The molecule has 10 heteroatoms. The average Bonchev–Trinajstić information content (AvgIpc) is 2.42. The first-order valence-electron chi connectivity index (χ1n) is 6.27. The molecule has 1 N–H and O–H groups in total. The molecule has 1 rings (SSSR count). The Morgan fingerprint density at radius 2 is 2.05 bits per heavy atom. The summed E-state index contributed by atoms with van der Waals surface area (Å²) in [6, 6.07) is 1.04. The molecule has 0 amide bonds. The first-order chi connectivity index (χ1) is 10.0. The lowest BCUT2D eigenvalue weighted by Crippen LogP contribution is -2.42. The summed E-state index contributed by atoms with van der Waals surface area (Å²) in [7, 11) is -4.65. The minimum absolute atomic E-state index is 0.244. The van der Waals surface area contributed by atoms with Gasteiger partial charge in [0.2, 0.25) is 10.0 Å². The number of halogens is 3. The van der Waals surface area contributed by atoms with Crippen LogP contribution in [0.1, 0.15) is 26.0 Å². The van der Waals surface area contributed by atoms with Crippen molar-refractivity contribution in [2.75, 3.05) is 6.54 Å². The number of hydrogen-bond acceptors (Lipinski definition) is 4. The molecule has 0 aliphatic heterocycles. The van der Waals surface area contributed by atoms with Crippen LogP contribution in [0.25, 0.3) is 0 Å². The van der Waals surface area contributed by atoms with Crippen molar-refractivity contribution in [1.82, 2.24) is 9.29 Å². The minimum atomic E-state index is -4.96. The van der Waals surface area contributed by atoms with Gasteiger partial charge in [-0.25, -0.2) is 8.42 Å². The van der Waals surface area contributed by atoms with Crippen LogP contribution in [-0.4, -0.2) is 41.4 Å². The highest BCUT2D eigenvalue weighted by molar-refractivity contribution is 7.89. The number of alkyl halides is 3. The van der Waals surface area contributed by atoms with Crippen LogP contribution in [0.15, 0.2) is 23.2 Å². The number of aromatic nitrogens is 1. The minimum Gasteiger partial charge on any atom is -0.480 e. The number of carboxylic acids is 1. The molecular formula is C12H15F3N2O4S. The molecule has 1 aromatic heterocycles. The molecule has 0 aliphatic carbocycles. The van der Waals surface area contributed by atoms with E-state index in [9.17, 15) is 26.4 Å². The second-order valence-electron chi connectivity index (χ2n) is 4.55. The SMILES string of the molecule is CCC(C)N(CC(=O)O)S(=O)(=O)c1cccnc1C(F)(F)F. The molecule has 0 saturated carbocycles. The number of sulfonamides is 1. The molecule has 0 spiro atoms. The van der Waals surface area contributed by atoms with Crippen molar-refractivity contribution in [3.63, 3.8) is 0 Å². The molecule has 0 bridgehead atoms. The van der Waals surface area contributed by atoms with Crippen molar-refractivity contribution in [2.24, 2.45) is 0 Å². The Kier molecular flexibility index (Phi) is 5.52. The van der Waals surface area contributed by atoms with E-state index in [-0.39, 0.29) is 6.42 Å². The Labute approximate surface area is 125 Å². The van der Waals surface area contributed by atoms with Crippen molar-refractivity contribution in [3.8, 4) is 0 Å². The van der Waals surface area contributed by atoms with Crippen LogP contribution in [0.2, 0.25) is 0 Å². The first-order valence-corrected chi connectivity index (χ1v) is 7.71. The van der Waals surface area contributed by atoms with Crippen LogP contribution in [0.3, 0.4) is 0 Å². The quantitative estimate of drug-likeness (QED) is 0.855. The number of nitrogens with zero attached hydrogens (tertiary/aromatic N) is 2. The highest BCUT2D eigenvalue weighted by Crippen LogP contribution is 2.34. The van der Waals surface area contributed by atoms with Gasteiger partial charge in [0.1, 0.15) is 11.4 Å². The van der Waals surface area contributed by atoms with Gasteiger partial charge in [-0.1, -0.05) is 6.92 Å². The van der Waals surface area contributed by atoms with E-state index in [1.54, 1.807) is 6.92 Å². The Morgan fingerprint density at radius 3 is 2.50 bits per heavy atom. The number of aliphatic carboxylic acids is 1. The highest BCUT2D eigenvalue weighted by Gasteiger charge is 2.41.